The summed E-state index contributed by atoms with van der Waals surface area (Å²) in [5, 5.41) is 12.9. The molecule has 0 bridgehead atoms. The van der Waals surface area contributed by atoms with Gasteiger partial charge < -0.3 is 9.64 Å². The van der Waals surface area contributed by atoms with Gasteiger partial charge in [0.05, 0.1) is 7.11 Å². The van der Waals surface area contributed by atoms with Crippen LogP contribution in [0, 0.1) is 5.92 Å². The van der Waals surface area contributed by atoms with Crippen LogP contribution >= 0.6 is 11.6 Å². The van der Waals surface area contributed by atoms with E-state index in [1.54, 1.807) is 60.5 Å². The number of methoxy groups -OCH3 is 1. The third-order valence-electron chi connectivity index (χ3n) is 5.42. The van der Waals surface area contributed by atoms with Gasteiger partial charge in [-0.1, -0.05) is 11.6 Å². The summed E-state index contributed by atoms with van der Waals surface area (Å²) >= 11 is 5.90. The van der Waals surface area contributed by atoms with Gasteiger partial charge in [-0.05, 0) is 66.6 Å². The fourth-order valence-corrected chi connectivity index (χ4v) is 3.75. The molecule has 4 rings (SSSR count). The maximum absolute atomic E-state index is 12.7. The number of rotatable bonds is 6. The molecular weight excluding hydrogens is 418 g/mol. The van der Waals surface area contributed by atoms with E-state index in [1.165, 1.54) is 4.80 Å². The minimum absolute atomic E-state index is 0.0116. The smallest absolute Gasteiger partial charge is 0.246 e. The molecule has 31 heavy (non-hydrogen) atoms. The topological polar surface area (TPSA) is 90.2 Å². The number of Topliss-reactive ketones (excluding diaryl/α,β-unsaturated/α-hetero) is 1. The number of carbonyl (C=O) groups excluding carboxylic acids is 2. The summed E-state index contributed by atoms with van der Waals surface area (Å²) in [4.78, 5) is 28.4. The Kier molecular flexibility index (Phi) is 6.27. The van der Waals surface area contributed by atoms with Crippen LogP contribution in [0.5, 0.6) is 5.75 Å². The Balaban J connectivity index is 1.31. The number of aromatic nitrogens is 4. The highest BCUT2D eigenvalue weighted by atomic mass is 35.5. The Morgan fingerprint density at radius 3 is 2.39 bits per heavy atom. The number of hydrogen-bond acceptors (Lipinski definition) is 6. The van der Waals surface area contributed by atoms with E-state index < -0.39 is 0 Å². The fourth-order valence-electron chi connectivity index (χ4n) is 3.63. The molecule has 9 heteroatoms. The van der Waals surface area contributed by atoms with Gasteiger partial charge in [0.15, 0.2) is 5.78 Å². The van der Waals surface area contributed by atoms with E-state index >= 15 is 0 Å². The lowest BCUT2D eigenvalue weighted by molar-refractivity contribution is -0.133. The molecule has 0 aliphatic carbocycles. The molecule has 3 aromatic rings. The Morgan fingerprint density at radius 1 is 1.06 bits per heavy atom. The molecule has 1 aliphatic rings. The molecule has 0 unspecified atom stereocenters. The van der Waals surface area contributed by atoms with Gasteiger partial charge in [-0.15, -0.1) is 10.2 Å². The molecule has 2 aromatic carbocycles. The molecule has 2 heterocycles. The minimum Gasteiger partial charge on any atom is -0.497 e. The number of nitrogens with zero attached hydrogens (tertiary/aromatic N) is 5. The zero-order valence-electron chi connectivity index (χ0n) is 17.1. The van der Waals surface area contributed by atoms with Crippen LogP contribution in [-0.4, -0.2) is 57.0 Å². The monoisotopic (exact) mass is 439 g/mol. The van der Waals surface area contributed by atoms with Crippen LogP contribution in [-0.2, 0) is 11.3 Å². The molecule has 1 amide bonds. The summed E-state index contributed by atoms with van der Waals surface area (Å²) in [6, 6.07) is 14.2. The van der Waals surface area contributed by atoms with E-state index in [2.05, 4.69) is 15.4 Å². The van der Waals surface area contributed by atoms with Gasteiger partial charge in [-0.25, -0.2) is 0 Å². The molecule has 0 atom stereocenters. The highest BCUT2D eigenvalue weighted by Crippen LogP contribution is 2.23. The predicted molar refractivity (Wildman–Crippen MR) is 115 cm³/mol. The number of tetrazole rings is 1. The largest absolute Gasteiger partial charge is 0.497 e. The fraction of sp³-hybridized carbons (Fsp3) is 0.318. The molecule has 1 saturated heterocycles. The van der Waals surface area contributed by atoms with E-state index in [9.17, 15) is 9.59 Å². The second-order valence-electron chi connectivity index (χ2n) is 7.40. The summed E-state index contributed by atoms with van der Waals surface area (Å²) in [5.74, 6) is 1.10. The molecule has 0 N–H and O–H groups in total. The third-order valence-corrected chi connectivity index (χ3v) is 5.68. The molecule has 0 saturated carbocycles. The van der Waals surface area contributed by atoms with Crippen LogP contribution in [0.4, 0.5) is 0 Å². The van der Waals surface area contributed by atoms with Gasteiger partial charge in [-0.2, -0.15) is 4.80 Å². The van der Waals surface area contributed by atoms with Gasteiger partial charge in [0.2, 0.25) is 11.7 Å². The molecule has 1 aliphatic heterocycles. The van der Waals surface area contributed by atoms with Gasteiger partial charge in [0.1, 0.15) is 12.3 Å². The normalized spacial score (nSPS) is 14.5. The predicted octanol–water partition coefficient (Wildman–Crippen LogP) is 3.12. The Bertz CT molecular complexity index is 1060. The number of ether oxygens (including phenoxy) is 1. The van der Waals surface area contributed by atoms with Gasteiger partial charge in [0, 0.05) is 35.2 Å². The summed E-state index contributed by atoms with van der Waals surface area (Å²) < 4.78 is 5.14. The van der Waals surface area contributed by atoms with Crippen molar-refractivity contribution in [1.29, 1.82) is 0 Å². The van der Waals surface area contributed by atoms with Gasteiger partial charge in [0.25, 0.3) is 0 Å². The number of likely N-dealkylation sites (tertiary alicyclic amines) is 1. The van der Waals surface area contributed by atoms with Crippen molar-refractivity contribution in [3.63, 3.8) is 0 Å². The van der Waals surface area contributed by atoms with E-state index in [-0.39, 0.29) is 24.2 Å². The molecule has 0 spiro atoms. The van der Waals surface area contributed by atoms with Crippen molar-refractivity contribution in [2.45, 2.75) is 19.4 Å². The third kappa shape index (κ3) is 4.91. The first-order valence-electron chi connectivity index (χ1n) is 10.0. The quantitative estimate of drug-likeness (QED) is 0.548. The van der Waals surface area contributed by atoms with E-state index in [1.807, 2.05) is 0 Å². The first-order valence-corrected chi connectivity index (χ1v) is 10.4. The number of hydrogen-bond donors (Lipinski definition) is 0. The minimum atomic E-state index is -0.0876. The Labute approximate surface area is 184 Å². The molecule has 1 fully saturated rings. The zero-order chi connectivity index (χ0) is 21.8. The van der Waals surface area contributed by atoms with Crippen molar-refractivity contribution in [2.24, 2.45) is 5.92 Å². The van der Waals surface area contributed by atoms with Crippen LogP contribution in [0.15, 0.2) is 48.5 Å². The van der Waals surface area contributed by atoms with Crippen molar-refractivity contribution in [2.75, 3.05) is 20.2 Å². The first-order chi connectivity index (χ1) is 15.0. The summed E-state index contributed by atoms with van der Waals surface area (Å²) in [6.07, 6.45) is 1.27. The Hall–Kier alpha value is -3.26. The highest BCUT2D eigenvalue weighted by molar-refractivity contribution is 6.30. The maximum Gasteiger partial charge on any atom is 0.246 e. The van der Waals surface area contributed by atoms with Crippen molar-refractivity contribution in [3.05, 3.63) is 59.1 Å². The standard InChI is InChI=1S/C22H22ClN5O3/c1-31-19-8-4-15(5-9-19)21(30)16-10-12-27(13-11-16)20(29)14-28-25-22(24-26-28)17-2-6-18(23)7-3-17/h2-9,16H,10-14H2,1H3. The lowest BCUT2D eigenvalue weighted by Gasteiger charge is -2.31. The summed E-state index contributed by atoms with van der Waals surface area (Å²) in [5.41, 5.74) is 1.45. The number of benzene rings is 2. The number of amides is 1. The lowest BCUT2D eigenvalue weighted by Crippen LogP contribution is -2.42. The van der Waals surface area contributed by atoms with Gasteiger partial charge in [-0.3, -0.25) is 9.59 Å². The number of ketones is 1. The average Bonchev–Trinajstić information content (AvgIpc) is 3.27. The molecule has 0 radical (unpaired) electrons. The molecule has 160 valence electrons. The number of carbonyl (C=O) groups is 2. The number of piperidine rings is 1. The van der Waals surface area contributed by atoms with Crippen molar-refractivity contribution in [3.8, 4) is 17.1 Å². The second-order valence-corrected chi connectivity index (χ2v) is 7.83. The Morgan fingerprint density at radius 2 is 1.74 bits per heavy atom. The summed E-state index contributed by atoms with van der Waals surface area (Å²) in [7, 11) is 1.59. The van der Waals surface area contributed by atoms with E-state index in [0.717, 1.165) is 11.3 Å². The van der Waals surface area contributed by atoms with Crippen molar-refractivity contribution in [1.82, 2.24) is 25.1 Å². The van der Waals surface area contributed by atoms with Crippen molar-refractivity contribution >= 4 is 23.3 Å². The maximum atomic E-state index is 12.7. The molecular formula is C22H22ClN5O3. The highest BCUT2D eigenvalue weighted by Gasteiger charge is 2.28. The molecule has 1 aromatic heterocycles. The van der Waals surface area contributed by atoms with Gasteiger partial charge >= 0.3 is 0 Å². The SMILES string of the molecule is COc1ccc(C(=O)C2CCN(C(=O)Cn3nnc(-c4ccc(Cl)cc4)n3)CC2)cc1. The average molecular weight is 440 g/mol. The number of halogens is 1. The molecule has 8 nitrogen and oxygen atoms in total. The van der Waals surface area contributed by atoms with Crippen LogP contribution in [0.1, 0.15) is 23.2 Å². The first kappa shape index (κ1) is 21.0. The van der Waals surface area contributed by atoms with E-state index in [0.29, 0.717) is 42.3 Å². The van der Waals surface area contributed by atoms with Crippen LogP contribution in [0.2, 0.25) is 5.02 Å². The van der Waals surface area contributed by atoms with Crippen molar-refractivity contribution < 1.29 is 14.3 Å². The lowest BCUT2D eigenvalue weighted by atomic mass is 9.89. The second kappa shape index (κ2) is 9.26. The van der Waals surface area contributed by atoms with Crippen LogP contribution in [0.25, 0.3) is 11.4 Å². The zero-order valence-corrected chi connectivity index (χ0v) is 17.8. The van der Waals surface area contributed by atoms with E-state index in [4.69, 9.17) is 16.3 Å². The van der Waals surface area contributed by atoms with Crippen LogP contribution < -0.4 is 4.74 Å². The van der Waals surface area contributed by atoms with Crippen LogP contribution in [0.3, 0.4) is 0 Å². The summed E-state index contributed by atoms with van der Waals surface area (Å²) in [6.45, 7) is 1.08.